The summed E-state index contributed by atoms with van der Waals surface area (Å²) in [5.41, 5.74) is 0.971. The topological polar surface area (TPSA) is 83.7 Å². The summed E-state index contributed by atoms with van der Waals surface area (Å²) in [6, 6.07) is 4.86. The quantitative estimate of drug-likeness (QED) is 0.721. The normalized spacial score (nSPS) is 18.6. The molecule has 0 unspecified atom stereocenters. The second-order valence-corrected chi connectivity index (χ2v) is 9.70. The number of nitrogens with zero attached hydrogens (tertiary/aromatic N) is 3. The Bertz CT molecular complexity index is 908. The van der Waals surface area contributed by atoms with E-state index in [4.69, 9.17) is 4.42 Å². The Balaban J connectivity index is 1.72. The Morgan fingerprint density at radius 3 is 2.85 bits per heavy atom. The van der Waals surface area contributed by atoms with Crippen LogP contribution in [0.3, 0.4) is 0 Å². The molecule has 7 nitrogen and oxygen atoms in total. The summed E-state index contributed by atoms with van der Waals surface area (Å²) in [7, 11) is -0.556. The van der Waals surface area contributed by atoms with E-state index in [0.29, 0.717) is 16.3 Å². The number of benzene rings is 1. The van der Waals surface area contributed by atoms with Crippen LogP contribution in [0, 0.1) is 0 Å². The van der Waals surface area contributed by atoms with E-state index >= 15 is 0 Å². The molecule has 1 fully saturated rings. The van der Waals surface area contributed by atoms with Crippen LogP contribution in [0.1, 0.15) is 26.2 Å². The van der Waals surface area contributed by atoms with Gasteiger partial charge in [-0.1, -0.05) is 11.8 Å². The van der Waals surface area contributed by atoms with E-state index in [1.165, 1.54) is 44.4 Å². The van der Waals surface area contributed by atoms with Gasteiger partial charge in [0.1, 0.15) is 5.52 Å². The molecule has 0 aliphatic carbocycles. The Labute approximate surface area is 157 Å². The first-order valence-electron chi connectivity index (χ1n) is 8.54. The molecule has 1 aliphatic rings. The summed E-state index contributed by atoms with van der Waals surface area (Å²) in [5, 5.41) is 0.373. The van der Waals surface area contributed by atoms with Crippen LogP contribution in [0.2, 0.25) is 0 Å². The first-order valence-corrected chi connectivity index (χ1v) is 11.0. The Morgan fingerprint density at radius 1 is 1.38 bits per heavy atom. The zero-order valence-electron chi connectivity index (χ0n) is 15.1. The van der Waals surface area contributed by atoms with Crippen molar-refractivity contribution in [1.29, 1.82) is 0 Å². The summed E-state index contributed by atoms with van der Waals surface area (Å²) >= 11 is 1.24. The third-order valence-electron chi connectivity index (χ3n) is 4.56. The number of hydrogen-bond donors (Lipinski definition) is 0. The molecule has 1 saturated heterocycles. The van der Waals surface area contributed by atoms with Gasteiger partial charge in [0, 0.05) is 26.7 Å². The van der Waals surface area contributed by atoms with Gasteiger partial charge in [-0.15, -0.1) is 0 Å². The number of likely N-dealkylation sites (tertiary alicyclic amines) is 1. The minimum atomic E-state index is -3.52. The summed E-state index contributed by atoms with van der Waals surface area (Å²) in [6.07, 6.45) is 3.26. The van der Waals surface area contributed by atoms with Gasteiger partial charge in [0.2, 0.25) is 15.9 Å². The summed E-state index contributed by atoms with van der Waals surface area (Å²) in [5.74, 6) is 0.348. The molecule has 0 N–H and O–H groups in total. The van der Waals surface area contributed by atoms with Crippen molar-refractivity contribution in [2.24, 2.45) is 0 Å². The molecule has 2 heterocycles. The van der Waals surface area contributed by atoms with Gasteiger partial charge in [-0.3, -0.25) is 4.79 Å². The average molecular weight is 398 g/mol. The molecule has 3 rings (SSSR count). The third kappa shape index (κ3) is 3.89. The van der Waals surface area contributed by atoms with E-state index < -0.39 is 10.0 Å². The van der Waals surface area contributed by atoms with Crippen molar-refractivity contribution in [3.63, 3.8) is 0 Å². The highest BCUT2D eigenvalue weighted by Crippen LogP contribution is 2.27. The molecule has 0 bridgehead atoms. The maximum absolute atomic E-state index is 12.4. The first-order chi connectivity index (χ1) is 12.3. The fourth-order valence-corrected chi connectivity index (χ4v) is 4.64. The molecule has 9 heteroatoms. The molecular weight excluding hydrogens is 374 g/mol. The van der Waals surface area contributed by atoms with E-state index in [2.05, 4.69) is 11.9 Å². The van der Waals surface area contributed by atoms with Gasteiger partial charge in [-0.25, -0.2) is 17.7 Å². The molecule has 142 valence electrons. The Morgan fingerprint density at radius 2 is 2.15 bits per heavy atom. The average Bonchev–Trinajstić information content (AvgIpc) is 3.02. The molecule has 0 radical (unpaired) electrons. The van der Waals surface area contributed by atoms with Crippen LogP contribution in [0.4, 0.5) is 0 Å². The van der Waals surface area contributed by atoms with Crippen LogP contribution in [0.5, 0.6) is 0 Å². The van der Waals surface area contributed by atoms with E-state index in [1.807, 2.05) is 4.90 Å². The fraction of sp³-hybridized carbons (Fsp3) is 0.529. The lowest BCUT2D eigenvalue weighted by atomic mass is 10.0. The van der Waals surface area contributed by atoms with E-state index in [-0.39, 0.29) is 22.6 Å². The molecule has 1 aromatic heterocycles. The number of aromatic nitrogens is 1. The summed E-state index contributed by atoms with van der Waals surface area (Å²) < 4.78 is 31.2. The number of thioether (sulfide) groups is 1. The monoisotopic (exact) mass is 397 g/mol. The van der Waals surface area contributed by atoms with Crippen LogP contribution in [0.15, 0.2) is 32.7 Å². The number of piperidine rings is 1. The second-order valence-electron chi connectivity index (χ2n) is 6.62. The fourth-order valence-electron chi connectivity index (χ4n) is 2.99. The number of rotatable bonds is 5. The highest BCUT2D eigenvalue weighted by Gasteiger charge is 2.24. The Hall–Kier alpha value is -1.58. The molecule has 1 amide bonds. The van der Waals surface area contributed by atoms with Gasteiger partial charge in [0.15, 0.2) is 5.58 Å². The smallest absolute Gasteiger partial charge is 0.257 e. The maximum Gasteiger partial charge on any atom is 0.257 e. The lowest BCUT2D eigenvalue weighted by molar-refractivity contribution is -0.131. The second kappa shape index (κ2) is 7.58. The van der Waals surface area contributed by atoms with Crippen LogP contribution in [-0.2, 0) is 14.8 Å². The molecule has 1 aliphatic heterocycles. The molecule has 1 aromatic carbocycles. The minimum absolute atomic E-state index is 0.0836. The zero-order chi connectivity index (χ0) is 18.9. The van der Waals surface area contributed by atoms with E-state index in [0.717, 1.165) is 23.7 Å². The third-order valence-corrected chi connectivity index (χ3v) is 7.18. The lowest BCUT2D eigenvalue weighted by Crippen LogP contribution is -2.42. The molecule has 0 saturated carbocycles. The summed E-state index contributed by atoms with van der Waals surface area (Å²) in [6.45, 7) is 2.88. The van der Waals surface area contributed by atoms with Gasteiger partial charge in [-0.2, -0.15) is 0 Å². The number of fused-ring (bicyclic) bond motifs is 1. The maximum atomic E-state index is 12.4. The van der Waals surface area contributed by atoms with Gasteiger partial charge >= 0.3 is 0 Å². The van der Waals surface area contributed by atoms with Crippen molar-refractivity contribution in [3.05, 3.63) is 18.2 Å². The standard InChI is InChI=1S/C17H23N3O4S2/c1-12-6-4-5-9-20(12)16(21)11-25-17-18-14-10-13(7-8-15(14)24-17)26(22,23)19(2)3/h7-8,10,12H,4-6,9,11H2,1-3H3/t12-/m1/s1. The number of hydrogen-bond acceptors (Lipinski definition) is 6. The van der Waals surface area contributed by atoms with Gasteiger partial charge in [0.25, 0.3) is 5.22 Å². The highest BCUT2D eigenvalue weighted by atomic mass is 32.2. The molecule has 2 aromatic rings. The molecule has 26 heavy (non-hydrogen) atoms. The molecule has 0 spiro atoms. The van der Waals surface area contributed by atoms with Crippen molar-refractivity contribution in [1.82, 2.24) is 14.2 Å². The van der Waals surface area contributed by atoms with E-state index in [9.17, 15) is 13.2 Å². The van der Waals surface area contributed by atoms with Gasteiger partial charge in [-0.05, 0) is 44.4 Å². The van der Waals surface area contributed by atoms with Crippen molar-refractivity contribution >= 4 is 38.8 Å². The number of oxazole rings is 1. The molecular formula is C17H23N3O4S2. The zero-order valence-corrected chi connectivity index (χ0v) is 16.8. The largest absolute Gasteiger partial charge is 0.431 e. The number of carbonyl (C=O) groups is 1. The highest BCUT2D eigenvalue weighted by molar-refractivity contribution is 7.99. The van der Waals surface area contributed by atoms with Crippen LogP contribution < -0.4 is 0 Å². The van der Waals surface area contributed by atoms with Crippen molar-refractivity contribution in [2.75, 3.05) is 26.4 Å². The van der Waals surface area contributed by atoms with Crippen molar-refractivity contribution in [3.8, 4) is 0 Å². The SMILES string of the molecule is C[C@@H]1CCCCN1C(=O)CSc1nc2cc(S(=O)(=O)N(C)C)ccc2o1. The predicted molar refractivity (Wildman–Crippen MR) is 101 cm³/mol. The number of sulfonamides is 1. The minimum Gasteiger partial charge on any atom is -0.431 e. The van der Waals surface area contributed by atoms with Crippen LogP contribution in [-0.4, -0.2) is 60.9 Å². The van der Waals surface area contributed by atoms with Gasteiger partial charge < -0.3 is 9.32 Å². The van der Waals surface area contributed by atoms with E-state index in [1.54, 1.807) is 6.07 Å². The first kappa shape index (κ1) is 19.2. The number of amides is 1. The van der Waals surface area contributed by atoms with Crippen molar-refractivity contribution in [2.45, 2.75) is 42.3 Å². The van der Waals surface area contributed by atoms with Crippen LogP contribution >= 0.6 is 11.8 Å². The predicted octanol–water partition coefficient (Wildman–Crippen LogP) is 2.57. The van der Waals surface area contributed by atoms with Gasteiger partial charge in [0.05, 0.1) is 10.6 Å². The van der Waals surface area contributed by atoms with Crippen molar-refractivity contribution < 1.29 is 17.6 Å². The number of carbonyl (C=O) groups excluding carboxylic acids is 1. The van der Waals surface area contributed by atoms with Crippen LogP contribution in [0.25, 0.3) is 11.1 Å². The molecule has 1 atom stereocenters. The lowest BCUT2D eigenvalue weighted by Gasteiger charge is -2.33. The Kier molecular flexibility index (Phi) is 5.59. The summed E-state index contributed by atoms with van der Waals surface area (Å²) in [4.78, 5) is 18.8.